The number of aryl methyl sites for hydroxylation is 2. The third-order valence-electron chi connectivity index (χ3n) is 3.84. The number of rotatable bonds is 5. The van der Waals surface area contributed by atoms with E-state index in [1.54, 1.807) is 6.07 Å². The molecule has 0 atom stereocenters. The Morgan fingerprint density at radius 3 is 2.33 bits per heavy atom. The van der Waals surface area contributed by atoms with Crippen molar-refractivity contribution in [2.24, 2.45) is 0 Å². The summed E-state index contributed by atoms with van der Waals surface area (Å²) < 4.78 is 14.6. The van der Waals surface area contributed by atoms with Crippen molar-refractivity contribution in [1.29, 1.82) is 0 Å². The van der Waals surface area contributed by atoms with Gasteiger partial charge in [-0.1, -0.05) is 28.1 Å². The van der Waals surface area contributed by atoms with Gasteiger partial charge in [0.25, 0.3) is 0 Å². The van der Waals surface area contributed by atoms with Crippen molar-refractivity contribution in [2.75, 3.05) is 10.6 Å². The molecule has 0 aliphatic rings. The van der Waals surface area contributed by atoms with Gasteiger partial charge >= 0.3 is 5.69 Å². The molecule has 1 heterocycles. The molecule has 0 radical (unpaired) electrons. The second kappa shape index (κ2) is 7.67. The first kappa shape index (κ1) is 18.7. The van der Waals surface area contributed by atoms with Crippen LogP contribution in [0.3, 0.4) is 0 Å². The van der Waals surface area contributed by atoms with Crippen LogP contribution in [0.1, 0.15) is 11.1 Å². The van der Waals surface area contributed by atoms with Crippen LogP contribution < -0.4 is 10.6 Å². The summed E-state index contributed by atoms with van der Waals surface area (Å²) in [5.74, 6) is -0.658. The van der Waals surface area contributed by atoms with Gasteiger partial charge in [-0.15, -0.1) is 0 Å². The van der Waals surface area contributed by atoms with Gasteiger partial charge in [0.2, 0.25) is 11.6 Å². The standard InChI is InChI=1S/C18H15BrFN5O2/c1-10-3-4-11(2)15(7-10)24-18-16(25(26)27)17(21-9-22-18)23-14-6-5-12(19)8-13(14)20/h3-9H,1-2H3,(H2,21,22,23,24). The fourth-order valence-electron chi connectivity index (χ4n) is 2.45. The third kappa shape index (κ3) is 4.20. The van der Waals surface area contributed by atoms with Gasteiger partial charge in [0.1, 0.15) is 12.1 Å². The number of halogens is 2. The fraction of sp³-hybridized carbons (Fsp3) is 0.111. The first-order valence-electron chi connectivity index (χ1n) is 7.91. The number of nitrogens with zero attached hydrogens (tertiary/aromatic N) is 3. The summed E-state index contributed by atoms with van der Waals surface area (Å²) in [6, 6.07) is 10.0. The molecule has 2 N–H and O–H groups in total. The van der Waals surface area contributed by atoms with Gasteiger partial charge in [0, 0.05) is 10.2 Å². The molecule has 3 aromatic rings. The van der Waals surface area contributed by atoms with Gasteiger partial charge in [-0.2, -0.15) is 0 Å². The lowest BCUT2D eigenvalue weighted by molar-refractivity contribution is -0.383. The van der Waals surface area contributed by atoms with Gasteiger partial charge in [-0.05, 0) is 49.2 Å². The summed E-state index contributed by atoms with van der Waals surface area (Å²) in [6.45, 7) is 3.80. The lowest BCUT2D eigenvalue weighted by atomic mass is 10.1. The van der Waals surface area contributed by atoms with Crippen LogP contribution in [0, 0.1) is 29.8 Å². The molecule has 0 amide bonds. The highest BCUT2D eigenvalue weighted by Gasteiger charge is 2.24. The van der Waals surface area contributed by atoms with Gasteiger partial charge < -0.3 is 10.6 Å². The van der Waals surface area contributed by atoms with E-state index in [0.717, 1.165) is 11.1 Å². The van der Waals surface area contributed by atoms with Crippen LogP contribution in [0.4, 0.5) is 33.1 Å². The molecular formula is C18H15BrFN5O2. The predicted molar refractivity (Wildman–Crippen MR) is 105 cm³/mol. The second-order valence-electron chi connectivity index (χ2n) is 5.87. The molecule has 2 aromatic carbocycles. The minimum atomic E-state index is -0.605. The molecule has 0 unspecified atom stereocenters. The molecule has 1 aromatic heterocycles. The number of aromatic nitrogens is 2. The average molecular weight is 432 g/mol. The monoisotopic (exact) mass is 431 g/mol. The molecule has 0 bridgehead atoms. The van der Waals surface area contributed by atoms with Crippen molar-refractivity contribution >= 4 is 44.6 Å². The number of hydrogen-bond donors (Lipinski definition) is 2. The molecule has 0 spiro atoms. The summed E-state index contributed by atoms with van der Waals surface area (Å²) in [7, 11) is 0. The molecular weight excluding hydrogens is 417 g/mol. The van der Waals surface area contributed by atoms with Crippen molar-refractivity contribution in [3.63, 3.8) is 0 Å². The minimum absolute atomic E-state index is 0.0173. The number of benzene rings is 2. The Hall–Kier alpha value is -3.07. The molecule has 0 aliphatic heterocycles. The van der Waals surface area contributed by atoms with E-state index < -0.39 is 10.7 Å². The van der Waals surface area contributed by atoms with Crippen LogP contribution in [-0.4, -0.2) is 14.9 Å². The van der Waals surface area contributed by atoms with Crippen LogP contribution in [0.5, 0.6) is 0 Å². The van der Waals surface area contributed by atoms with E-state index >= 15 is 0 Å². The first-order chi connectivity index (χ1) is 12.8. The maximum absolute atomic E-state index is 14.1. The van der Waals surface area contributed by atoms with Crippen molar-refractivity contribution < 1.29 is 9.31 Å². The summed E-state index contributed by atoms with van der Waals surface area (Å²) >= 11 is 3.17. The maximum atomic E-state index is 14.1. The first-order valence-corrected chi connectivity index (χ1v) is 8.70. The Bertz CT molecular complexity index is 1030. The van der Waals surface area contributed by atoms with Crippen LogP contribution in [0.25, 0.3) is 0 Å². The van der Waals surface area contributed by atoms with Crippen molar-refractivity contribution in [2.45, 2.75) is 13.8 Å². The SMILES string of the molecule is Cc1ccc(C)c(Nc2ncnc(Nc3ccc(Br)cc3F)c2[N+](=O)[O-])c1. The van der Waals surface area contributed by atoms with E-state index in [-0.39, 0.29) is 23.0 Å². The summed E-state index contributed by atoms with van der Waals surface area (Å²) in [6.07, 6.45) is 1.18. The smallest absolute Gasteiger partial charge is 0.334 e. The van der Waals surface area contributed by atoms with Crippen molar-refractivity contribution in [3.05, 3.63) is 74.3 Å². The van der Waals surface area contributed by atoms with E-state index in [2.05, 4.69) is 36.5 Å². The van der Waals surface area contributed by atoms with Crippen LogP contribution in [0.2, 0.25) is 0 Å². The Morgan fingerprint density at radius 1 is 1.04 bits per heavy atom. The predicted octanol–water partition coefficient (Wildman–Crippen LogP) is 5.39. The summed E-state index contributed by atoms with van der Waals surface area (Å²) in [5.41, 5.74) is 2.29. The number of anilines is 4. The average Bonchev–Trinajstić information content (AvgIpc) is 2.60. The molecule has 9 heteroatoms. The fourth-order valence-corrected chi connectivity index (χ4v) is 2.78. The molecule has 0 saturated carbocycles. The molecule has 138 valence electrons. The minimum Gasteiger partial charge on any atom is -0.334 e. The summed E-state index contributed by atoms with van der Waals surface area (Å²) in [4.78, 5) is 19.0. The molecule has 0 saturated heterocycles. The van der Waals surface area contributed by atoms with E-state index in [1.165, 1.54) is 18.5 Å². The summed E-state index contributed by atoms with van der Waals surface area (Å²) in [5, 5.41) is 17.3. The van der Waals surface area contributed by atoms with Gasteiger partial charge in [0.15, 0.2) is 0 Å². The number of nitro groups is 1. The molecule has 0 fully saturated rings. The normalized spacial score (nSPS) is 10.5. The highest BCUT2D eigenvalue weighted by molar-refractivity contribution is 9.10. The van der Waals surface area contributed by atoms with Gasteiger partial charge in [-0.3, -0.25) is 10.1 Å². The van der Waals surface area contributed by atoms with Crippen LogP contribution >= 0.6 is 15.9 Å². The zero-order chi connectivity index (χ0) is 19.6. The maximum Gasteiger partial charge on any atom is 0.353 e. The Morgan fingerprint density at radius 2 is 1.70 bits per heavy atom. The lowest BCUT2D eigenvalue weighted by Crippen LogP contribution is -2.06. The quantitative estimate of drug-likeness (QED) is 0.415. The molecule has 3 rings (SSSR count). The van der Waals surface area contributed by atoms with E-state index in [4.69, 9.17) is 0 Å². The highest BCUT2D eigenvalue weighted by Crippen LogP contribution is 2.34. The topological polar surface area (TPSA) is 93.0 Å². The van der Waals surface area contributed by atoms with E-state index in [0.29, 0.717) is 10.2 Å². The zero-order valence-corrected chi connectivity index (χ0v) is 16.0. The zero-order valence-electron chi connectivity index (χ0n) is 14.5. The number of hydrogen-bond acceptors (Lipinski definition) is 6. The Labute approximate surface area is 163 Å². The lowest BCUT2D eigenvalue weighted by Gasteiger charge is -2.12. The molecule has 27 heavy (non-hydrogen) atoms. The van der Waals surface area contributed by atoms with E-state index in [9.17, 15) is 14.5 Å². The molecule has 7 nitrogen and oxygen atoms in total. The largest absolute Gasteiger partial charge is 0.353 e. The van der Waals surface area contributed by atoms with E-state index in [1.807, 2.05) is 32.0 Å². The van der Waals surface area contributed by atoms with Gasteiger partial charge in [-0.25, -0.2) is 14.4 Å². The Balaban J connectivity index is 2.02. The molecule has 0 aliphatic carbocycles. The third-order valence-corrected chi connectivity index (χ3v) is 4.33. The van der Waals surface area contributed by atoms with Crippen LogP contribution in [0.15, 0.2) is 47.2 Å². The number of nitrogens with one attached hydrogen (secondary N) is 2. The highest BCUT2D eigenvalue weighted by atomic mass is 79.9. The Kier molecular flexibility index (Phi) is 5.31. The second-order valence-corrected chi connectivity index (χ2v) is 6.78. The van der Waals surface area contributed by atoms with Crippen LogP contribution in [-0.2, 0) is 0 Å². The van der Waals surface area contributed by atoms with Crippen molar-refractivity contribution in [3.8, 4) is 0 Å². The van der Waals surface area contributed by atoms with Gasteiger partial charge in [0.05, 0.1) is 10.6 Å². The van der Waals surface area contributed by atoms with Crippen molar-refractivity contribution in [1.82, 2.24) is 9.97 Å².